The highest BCUT2D eigenvalue weighted by Crippen LogP contribution is 2.37. The summed E-state index contributed by atoms with van der Waals surface area (Å²) in [4.78, 5) is 0. The van der Waals surface area contributed by atoms with E-state index >= 15 is 0 Å². The van der Waals surface area contributed by atoms with Crippen LogP contribution in [0.3, 0.4) is 0 Å². The number of aryl methyl sites for hydroxylation is 1. The van der Waals surface area contributed by atoms with E-state index < -0.39 is 10.8 Å². The van der Waals surface area contributed by atoms with Gasteiger partial charge in [-0.25, -0.2) is 0 Å². The predicted octanol–water partition coefficient (Wildman–Crippen LogP) is 2.82. The molecule has 2 rings (SSSR count). The molecule has 1 heterocycles. The fraction of sp³-hybridized carbons (Fsp3) is 0.857. The van der Waals surface area contributed by atoms with E-state index in [1.165, 1.54) is 12.8 Å². The molecule has 0 saturated heterocycles. The Labute approximate surface area is 118 Å². The number of hydrogen-bond donors (Lipinski definition) is 0. The van der Waals surface area contributed by atoms with Gasteiger partial charge in [0.1, 0.15) is 11.6 Å². The normalized spacial score (nSPS) is 21.5. The molecule has 1 aliphatic rings. The number of aromatic nitrogens is 3. The van der Waals surface area contributed by atoms with Crippen molar-refractivity contribution in [3.63, 3.8) is 0 Å². The van der Waals surface area contributed by atoms with Gasteiger partial charge in [0.15, 0.2) is 0 Å². The van der Waals surface area contributed by atoms with Crippen LogP contribution in [0.5, 0.6) is 0 Å². The van der Waals surface area contributed by atoms with Gasteiger partial charge >= 0.3 is 0 Å². The minimum atomic E-state index is -0.813. The lowest BCUT2D eigenvalue weighted by Gasteiger charge is -2.33. The topological polar surface area (TPSA) is 47.8 Å². The van der Waals surface area contributed by atoms with E-state index in [4.69, 9.17) is 0 Å². The van der Waals surface area contributed by atoms with Crippen molar-refractivity contribution < 1.29 is 4.21 Å². The van der Waals surface area contributed by atoms with Crippen molar-refractivity contribution in [2.75, 3.05) is 0 Å². The van der Waals surface area contributed by atoms with Crippen LogP contribution in [0.15, 0.2) is 0 Å². The van der Waals surface area contributed by atoms with Crippen molar-refractivity contribution in [2.24, 2.45) is 5.41 Å². The lowest BCUT2D eigenvalue weighted by Crippen LogP contribution is -2.28. The quantitative estimate of drug-likeness (QED) is 0.853. The lowest BCUT2D eigenvalue weighted by atomic mass is 9.77. The molecule has 1 aromatic rings. The Bertz CT molecular complexity index is 457. The van der Waals surface area contributed by atoms with Crippen LogP contribution in [-0.2, 0) is 23.1 Å². The average molecular weight is 283 g/mol. The zero-order valence-corrected chi connectivity index (χ0v) is 13.3. The van der Waals surface area contributed by atoms with Crippen LogP contribution in [-0.4, -0.2) is 24.2 Å². The smallest absolute Gasteiger partial charge is 0.145 e. The first-order valence-electron chi connectivity index (χ1n) is 7.19. The van der Waals surface area contributed by atoms with Gasteiger partial charge in [0, 0.05) is 22.6 Å². The fourth-order valence-electron chi connectivity index (χ4n) is 2.82. The molecule has 1 aromatic heterocycles. The molecule has 4 nitrogen and oxygen atoms in total. The van der Waals surface area contributed by atoms with E-state index in [-0.39, 0.29) is 0 Å². The second-order valence-electron chi connectivity index (χ2n) is 6.30. The van der Waals surface area contributed by atoms with Crippen molar-refractivity contribution in [2.45, 2.75) is 70.9 Å². The lowest BCUT2D eigenvalue weighted by molar-refractivity contribution is 0.247. The van der Waals surface area contributed by atoms with Crippen molar-refractivity contribution in [3.05, 3.63) is 11.6 Å². The van der Waals surface area contributed by atoms with Gasteiger partial charge in [0.2, 0.25) is 0 Å². The van der Waals surface area contributed by atoms with Gasteiger partial charge in [-0.05, 0) is 44.9 Å². The minimum Gasteiger partial charge on any atom is -0.315 e. The summed E-state index contributed by atoms with van der Waals surface area (Å²) in [5.74, 6) is 2.35. The average Bonchev–Trinajstić information content (AvgIpc) is 2.69. The molecule has 0 unspecified atom stereocenters. The summed E-state index contributed by atoms with van der Waals surface area (Å²) in [6.45, 7) is 9.49. The molecular weight excluding hydrogens is 258 g/mol. The van der Waals surface area contributed by atoms with E-state index in [9.17, 15) is 4.21 Å². The van der Waals surface area contributed by atoms with E-state index in [0.717, 1.165) is 31.0 Å². The van der Waals surface area contributed by atoms with Crippen LogP contribution in [0.4, 0.5) is 0 Å². The maximum atomic E-state index is 12.5. The summed E-state index contributed by atoms with van der Waals surface area (Å²) in [6.07, 6.45) is 4.53. The van der Waals surface area contributed by atoms with Crippen LogP contribution >= 0.6 is 0 Å². The molecule has 108 valence electrons. The minimum absolute atomic E-state index is 0.343. The molecule has 0 N–H and O–H groups in total. The third-order valence-electron chi connectivity index (χ3n) is 4.26. The van der Waals surface area contributed by atoms with Crippen LogP contribution in [0.25, 0.3) is 0 Å². The van der Waals surface area contributed by atoms with Crippen LogP contribution in [0.1, 0.15) is 58.1 Å². The van der Waals surface area contributed by atoms with Crippen molar-refractivity contribution in [3.8, 4) is 0 Å². The van der Waals surface area contributed by atoms with Gasteiger partial charge in [-0.3, -0.25) is 4.21 Å². The van der Waals surface area contributed by atoms with Crippen molar-refractivity contribution >= 4 is 10.8 Å². The molecular formula is C14H25N3OS. The Hall–Kier alpha value is -0.710. The highest BCUT2D eigenvalue weighted by molar-refractivity contribution is 7.84. The number of rotatable bonds is 4. The zero-order chi connectivity index (χ0) is 14.0. The van der Waals surface area contributed by atoms with Gasteiger partial charge < -0.3 is 4.57 Å². The van der Waals surface area contributed by atoms with Crippen molar-refractivity contribution in [1.82, 2.24) is 14.8 Å². The summed E-state index contributed by atoms with van der Waals surface area (Å²) < 4.78 is 14.5. The Morgan fingerprint density at radius 2 is 1.95 bits per heavy atom. The van der Waals surface area contributed by atoms with E-state index in [2.05, 4.69) is 35.5 Å². The zero-order valence-electron chi connectivity index (χ0n) is 12.5. The largest absolute Gasteiger partial charge is 0.315 e. The molecule has 0 bridgehead atoms. The Morgan fingerprint density at radius 1 is 1.32 bits per heavy atom. The first kappa shape index (κ1) is 14.7. The summed E-state index contributed by atoms with van der Waals surface area (Å²) in [5, 5.41) is 8.60. The first-order valence-corrected chi connectivity index (χ1v) is 8.57. The SMILES string of the molecule is CCn1c(C)nnc1C[S@@](=O)C1CCC(C)(C)CC1. The fourth-order valence-corrected chi connectivity index (χ4v) is 4.29. The highest BCUT2D eigenvalue weighted by Gasteiger charge is 2.30. The van der Waals surface area contributed by atoms with E-state index in [1.807, 2.05) is 6.92 Å². The Kier molecular flexibility index (Phi) is 4.43. The maximum absolute atomic E-state index is 12.5. The molecule has 0 amide bonds. The van der Waals surface area contributed by atoms with Crippen molar-refractivity contribution in [1.29, 1.82) is 0 Å². The summed E-state index contributed by atoms with van der Waals surface area (Å²) in [7, 11) is -0.813. The standard InChI is InChI=1S/C14H25N3OS/c1-5-17-11(2)15-16-13(17)10-19(18)12-6-8-14(3,4)9-7-12/h12H,5-10H2,1-4H3/t19-/m1/s1. The first-order chi connectivity index (χ1) is 8.93. The van der Waals surface area contributed by atoms with Gasteiger partial charge in [-0.1, -0.05) is 13.8 Å². The summed E-state index contributed by atoms with van der Waals surface area (Å²) in [6, 6.07) is 0. The van der Waals surface area contributed by atoms with Crippen LogP contribution in [0.2, 0.25) is 0 Å². The Balaban J connectivity index is 1.98. The van der Waals surface area contributed by atoms with Gasteiger partial charge in [-0.2, -0.15) is 0 Å². The van der Waals surface area contributed by atoms with Gasteiger partial charge in [0.25, 0.3) is 0 Å². The third kappa shape index (κ3) is 3.44. The molecule has 0 radical (unpaired) electrons. The molecule has 5 heteroatoms. The van der Waals surface area contributed by atoms with Crippen LogP contribution in [0, 0.1) is 12.3 Å². The molecule has 1 atom stereocenters. The molecule has 1 fully saturated rings. The van der Waals surface area contributed by atoms with E-state index in [0.29, 0.717) is 16.4 Å². The molecule has 0 aromatic carbocycles. The summed E-state index contributed by atoms with van der Waals surface area (Å²) >= 11 is 0. The second-order valence-corrected chi connectivity index (χ2v) is 8.01. The van der Waals surface area contributed by atoms with Crippen LogP contribution < -0.4 is 0 Å². The maximum Gasteiger partial charge on any atom is 0.145 e. The number of hydrogen-bond acceptors (Lipinski definition) is 3. The van der Waals surface area contributed by atoms with Gasteiger partial charge in [0.05, 0.1) is 5.75 Å². The predicted molar refractivity (Wildman–Crippen MR) is 78.3 cm³/mol. The van der Waals surface area contributed by atoms with Gasteiger partial charge in [-0.15, -0.1) is 10.2 Å². The molecule has 0 aliphatic heterocycles. The molecule has 1 saturated carbocycles. The monoisotopic (exact) mass is 283 g/mol. The van der Waals surface area contributed by atoms with E-state index in [1.54, 1.807) is 0 Å². The second kappa shape index (κ2) is 5.73. The number of nitrogens with zero attached hydrogens (tertiary/aromatic N) is 3. The molecule has 19 heavy (non-hydrogen) atoms. The third-order valence-corrected chi connectivity index (χ3v) is 6.02. The summed E-state index contributed by atoms with van der Waals surface area (Å²) in [5.41, 5.74) is 0.431. The molecule has 1 aliphatic carbocycles. The molecule has 0 spiro atoms. The Morgan fingerprint density at radius 3 is 2.53 bits per heavy atom. The highest BCUT2D eigenvalue weighted by atomic mass is 32.2.